The van der Waals surface area contributed by atoms with Crippen LogP contribution in [0.2, 0.25) is 0 Å². The minimum absolute atomic E-state index is 0.0681. The zero-order chi connectivity index (χ0) is 21.8. The predicted molar refractivity (Wildman–Crippen MR) is 119 cm³/mol. The first-order valence-corrected chi connectivity index (χ1v) is 10.9. The molecule has 0 saturated heterocycles. The van der Waals surface area contributed by atoms with Gasteiger partial charge in [0.2, 0.25) is 5.91 Å². The molecular weight excluding hydrogens is 412 g/mol. The van der Waals surface area contributed by atoms with Gasteiger partial charge in [-0.25, -0.2) is 0 Å². The number of carbonyl (C=O) groups excluding carboxylic acids is 2. The van der Waals surface area contributed by atoms with Crippen LogP contribution in [-0.4, -0.2) is 30.9 Å². The number of rotatable bonds is 8. The van der Waals surface area contributed by atoms with Gasteiger partial charge in [-0.3, -0.25) is 9.59 Å². The van der Waals surface area contributed by atoms with E-state index in [4.69, 9.17) is 9.47 Å². The van der Waals surface area contributed by atoms with Crippen molar-refractivity contribution in [3.8, 4) is 11.5 Å². The number of fused-ring (bicyclic) bond motifs is 1. The maximum atomic E-state index is 13.2. The second-order valence-electron chi connectivity index (χ2n) is 7.28. The first-order valence-electron chi connectivity index (χ1n) is 10.0. The van der Waals surface area contributed by atoms with E-state index in [1.165, 1.54) is 0 Å². The third-order valence-corrected chi connectivity index (χ3v) is 6.31. The number of carbonyl (C=O) groups is 2. The third kappa shape index (κ3) is 4.41. The summed E-state index contributed by atoms with van der Waals surface area (Å²) >= 11 is 1.60. The van der Waals surface area contributed by atoms with Crippen molar-refractivity contribution in [3.63, 3.8) is 0 Å². The van der Waals surface area contributed by atoms with Gasteiger partial charge >= 0.3 is 0 Å². The second kappa shape index (κ2) is 9.22. The van der Waals surface area contributed by atoms with Gasteiger partial charge in [-0.05, 0) is 40.8 Å². The maximum absolute atomic E-state index is 13.2. The van der Waals surface area contributed by atoms with Crippen molar-refractivity contribution in [1.82, 2.24) is 10.2 Å². The molecule has 2 heterocycles. The van der Waals surface area contributed by atoms with E-state index >= 15 is 0 Å². The fourth-order valence-electron chi connectivity index (χ4n) is 3.84. The fourth-order valence-corrected chi connectivity index (χ4v) is 4.49. The minimum atomic E-state index is -0.428. The van der Waals surface area contributed by atoms with Gasteiger partial charge < -0.3 is 19.7 Å². The van der Waals surface area contributed by atoms with Crippen molar-refractivity contribution in [2.45, 2.75) is 25.6 Å². The summed E-state index contributed by atoms with van der Waals surface area (Å²) in [6.45, 7) is 0.940. The van der Waals surface area contributed by atoms with Crippen molar-refractivity contribution in [3.05, 3.63) is 81.5 Å². The van der Waals surface area contributed by atoms with Crippen LogP contribution >= 0.6 is 11.3 Å². The Labute approximate surface area is 185 Å². The monoisotopic (exact) mass is 436 g/mol. The Balaban J connectivity index is 1.61. The predicted octanol–water partition coefficient (Wildman–Crippen LogP) is 4.17. The molecule has 0 unspecified atom stereocenters. The Bertz CT molecular complexity index is 1080. The van der Waals surface area contributed by atoms with Crippen LogP contribution in [0.1, 0.15) is 38.8 Å². The summed E-state index contributed by atoms with van der Waals surface area (Å²) < 4.78 is 10.8. The molecule has 7 heteroatoms. The third-order valence-electron chi connectivity index (χ3n) is 5.44. The van der Waals surface area contributed by atoms with Crippen LogP contribution < -0.4 is 14.8 Å². The summed E-state index contributed by atoms with van der Waals surface area (Å²) in [5, 5.41) is 4.95. The molecule has 3 aromatic rings. The quantitative estimate of drug-likeness (QED) is 0.576. The number of nitrogens with zero attached hydrogens (tertiary/aromatic N) is 1. The van der Waals surface area contributed by atoms with E-state index in [1.807, 2.05) is 53.9 Å². The standard InChI is InChI=1S/C24H24N2O4S/c1-29-21-10-9-16(12-22(21)30-2)20(13-23(27)25-14-18-7-5-11-31-18)26-15-17-6-3-4-8-19(17)24(26)28/h3-12,20H,13-15H2,1-2H3,(H,25,27)/t20-/m1/s1. The highest BCUT2D eigenvalue weighted by Crippen LogP contribution is 2.37. The molecule has 160 valence electrons. The number of hydrogen-bond donors (Lipinski definition) is 1. The lowest BCUT2D eigenvalue weighted by molar-refractivity contribution is -0.122. The molecule has 4 rings (SSSR count). The Morgan fingerprint density at radius 3 is 2.61 bits per heavy atom. The molecule has 1 atom stereocenters. The van der Waals surface area contributed by atoms with Crippen LogP contribution in [0.4, 0.5) is 0 Å². The zero-order valence-electron chi connectivity index (χ0n) is 17.5. The second-order valence-corrected chi connectivity index (χ2v) is 8.31. The van der Waals surface area contributed by atoms with E-state index in [9.17, 15) is 9.59 Å². The maximum Gasteiger partial charge on any atom is 0.255 e. The molecule has 0 saturated carbocycles. The highest BCUT2D eigenvalue weighted by molar-refractivity contribution is 7.09. The van der Waals surface area contributed by atoms with E-state index in [1.54, 1.807) is 36.5 Å². The van der Waals surface area contributed by atoms with Gasteiger partial charge in [0, 0.05) is 17.0 Å². The lowest BCUT2D eigenvalue weighted by Gasteiger charge is -2.28. The molecule has 2 amide bonds. The summed E-state index contributed by atoms with van der Waals surface area (Å²) in [5.41, 5.74) is 2.48. The molecule has 1 aliphatic heterocycles. The summed E-state index contributed by atoms with van der Waals surface area (Å²) in [6, 6.07) is 16.6. The Hall–Kier alpha value is -3.32. The summed E-state index contributed by atoms with van der Waals surface area (Å²) in [7, 11) is 3.15. The van der Waals surface area contributed by atoms with E-state index < -0.39 is 6.04 Å². The molecule has 6 nitrogen and oxygen atoms in total. The lowest BCUT2D eigenvalue weighted by atomic mass is 10.0. The average molecular weight is 437 g/mol. The van der Waals surface area contributed by atoms with Crippen LogP contribution in [0.3, 0.4) is 0 Å². The topological polar surface area (TPSA) is 67.9 Å². The van der Waals surface area contributed by atoms with Crippen molar-refractivity contribution in [1.29, 1.82) is 0 Å². The Morgan fingerprint density at radius 2 is 1.90 bits per heavy atom. The highest BCUT2D eigenvalue weighted by atomic mass is 32.1. The molecular formula is C24H24N2O4S. The van der Waals surface area contributed by atoms with Crippen molar-refractivity contribution >= 4 is 23.2 Å². The van der Waals surface area contributed by atoms with Crippen LogP contribution in [0.15, 0.2) is 60.0 Å². The molecule has 0 bridgehead atoms. The van der Waals surface area contributed by atoms with Crippen molar-refractivity contribution in [2.75, 3.05) is 14.2 Å². The zero-order valence-corrected chi connectivity index (χ0v) is 18.3. The van der Waals surface area contributed by atoms with Gasteiger partial charge in [0.05, 0.1) is 33.2 Å². The highest BCUT2D eigenvalue weighted by Gasteiger charge is 2.34. The number of nitrogens with one attached hydrogen (secondary N) is 1. The SMILES string of the molecule is COc1ccc([C@@H](CC(=O)NCc2cccs2)N2Cc3ccccc3C2=O)cc1OC. The van der Waals surface area contributed by atoms with Crippen LogP contribution in [0.25, 0.3) is 0 Å². The van der Waals surface area contributed by atoms with Crippen molar-refractivity contribution < 1.29 is 19.1 Å². The summed E-state index contributed by atoms with van der Waals surface area (Å²) in [4.78, 5) is 28.8. The lowest BCUT2D eigenvalue weighted by Crippen LogP contribution is -2.34. The molecule has 0 fully saturated rings. The Kier molecular flexibility index (Phi) is 6.23. The van der Waals surface area contributed by atoms with Gasteiger partial charge in [0.15, 0.2) is 11.5 Å². The molecule has 0 radical (unpaired) electrons. The first kappa shape index (κ1) is 20.9. The summed E-state index contributed by atoms with van der Waals surface area (Å²) in [6.07, 6.45) is 0.153. The minimum Gasteiger partial charge on any atom is -0.493 e. The van der Waals surface area contributed by atoms with E-state index in [2.05, 4.69) is 5.32 Å². The number of amides is 2. The van der Waals surface area contributed by atoms with E-state index in [0.29, 0.717) is 30.2 Å². The largest absolute Gasteiger partial charge is 0.493 e. The fraction of sp³-hybridized carbons (Fsp3) is 0.250. The molecule has 1 aromatic heterocycles. The number of methoxy groups -OCH3 is 2. The van der Waals surface area contributed by atoms with Gasteiger partial charge in [0.25, 0.3) is 5.91 Å². The molecule has 31 heavy (non-hydrogen) atoms. The molecule has 0 spiro atoms. The number of benzene rings is 2. The van der Waals surface area contributed by atoms with Gasteiger partial charge in [-0.1, -0.05) is 30.3 Å². The van der Waals surface area contributed by atoms with Gasteiger partial charge in [0.1, 0.15) is 0 Å². The number of thiophene rings is 1. The molecule has 2 aromatic carbocycles. The smallest absolute Gasteiger partial charge is 0.255 e. The Morgan fingerprint density at radius 1 is 1.10 bits per heavy atom. The molecule has 0 aliphatic carbocycles. The number of hydrogen-bond acceptors (Lipinski definition) is 5. The first-order chi connectivity index (χ1) is 15.1. The molecule has 1 N–H and O–H groups in total. The number of ether oxygens (including phenoxy) is 2. The van der Waals surface area contributed by atoms with Crippen LogP contribution in [0, 0.1) is 0 Å². The van der Waals surface area contributed by atoms with Crippen LogP contribution in [-0.2, 0) is 17.9 Å². The molecule has 1 aliphatic rings. The normalized spacial score (nSPS) is 13.6. The van der Waals surface area contributed by atoms with Gasteiger partial charge in [-0.15, -0.1) is 11.3 Å². The van der Waals surface area contributed by atoms with E-state index in [-0.39, 0.29) is 18.2 Å². The summed E-state index contributed by atoms with van der Waals surface area (Å²) in [5.74, 6) is 0.981. The van der Waals surface area contributed by atoms with Crippen LogP contribution in [0.5, 0.6) is 11.5 Å². The van der Waals surface area contributed by atoms with E-state index in [0.717, 1.165) is 16.0 Å². The van der Waals surface area contributed by atoms with Crippen molar-refractivity contribution in [2.24, 2.45) is 0 Å². The van der Waals surface area contributed by atoms with Gasteiger partial charge in [-0.2, -0.15) is 0 Å². The average Bonchev–Trinajstić information content (AvgIpc) is 3.44.